The molecule has 4 rings (SSSR count). The first-order valence-corrected chi connectivity index (χ1v) is 10.5. The highest BCUT2D eigenvalue weighted by molar-refractivity contribution is 6.31. The lowest BCUT2D eigenvalue weighted by atomic mass is 9.93. The fraction of sp³-hybridized carbons (Fsp3) is 0.348. The maximum absolute atomic E-state index is 10.9. The van der Waals surface area contributed by atoms with Crippen molar-refractivity contribution < 1.29 is 14.6 Å². The molecule has 1 aliphatic heterocycles. The van der Waals surface area contributed by atoms with Crippen molar-refractivity contribution in [2.24, 2.45) is 0 Å². The number of fused-ring (bicyclic) bond motifs is 3. The lowest BCUT2D eigenvalue weighted by Gasteiger charge is -2.33. The lowest BCUT2D eigenvalue weighted by Crippen LogP contribution is -2.34. The first-order valence-electron chi connectivity index (χ1n) is 10.1. The number of hydrogen-bond donors (Lipinski definition) is 3. The van der Waals surface area contributed by atoms with E-state index in [4.69, 9.17) is 16.3 Å². The van der Waals surface area contributed by atoms with E-state index in [1.807, 2.05) is 30.3 Å². The molecule has 2 aromatic carbocycles. The van der Waals surface area contributed by atoms with Gasteiger partial charge in [-0.15, -0.1) is 0 Å². The third-order valence-electron chi connectivity index (χ3n) is 5.55. The van der Waals surface area contributed by atoms with Crippen molar-refractivity contribution in [3.05, 3.63) is 64.3 Å². The molecule has 0 aliphatic carbocycles. The molecule has 7 heteroatoms. The molecule has 0 fully saturated rings. The van der Waals surface area contributed by atoms with Crippen LogP contribution in [0.15, 0.2) is 42.5 Å². The van der Waals surface area contributed by atoms with Crippen LogP contribution in [-0.4, -0.2) is 53.7 Å². The number of aliphatic hydroxyl groups excluding tert-OH is 1. The Kier molecular flexibility index (Phi) is 5.99. The lowest BCUT2D eigenvalue weighted by molar-refractivity contribution is -0.119. The Morgan fingerprint density at radius 3 is 2.83 bits per heavy atom. The van der Waals surface area contributed by atoms with Crippen LogP contribution in [-0.2, 0) is 11.2 Å². The van der Waals surface area contributed by atoms with Crippen molar-refractivity contribution >= 4 is 28.4 Å². The Labute approximate surface area is 180 Å². The standard InChI is InChI=1S/C23H26ClN3O3/c1-14(28)25-12-17(29)13-30-18-6-3-15(4-7-18)23-22-19(9-10-27(23)2)20-11-16(24)5-8-21(20)26-22/h3-8,11,17,23,26,29H,9-10,12-13H2,1-2H3,(H,25,28). The predicted molar refractivity (Wildman–Crippen MR) is 118 cm³/mol. The van der Waals surface area contributed by atoms with Gasteiger partial charge in [-0.2, -0.15) is 0 Å². The average molecular weight is 428 g/mol. The molecule has 1 aliphatic rings. The molecular weight excluding hydrogens is 402 g/mol. The van der Waals surface area contributed by atoms with Crippen molar-refractivity contribution in [1.82, 2.24) is 15.2 Å². The average Bonchev–Trinajstić information content (AvgIpc) is 3.08. The summed E-state index contributed by atoms with van der Waals surface area (Å²) in [6.45, 7) is 2.68. The van der Waals surface area contributed by atoms with Crippen molar-refractivity contribution in [1.29, 1.82) is 0 Å². The number of rotatable bonds is 6. The fourth-order valence-electron chi connectivity index (χ4n) is 4.06. The number of H-pyrrole nitrogens is 1. The number of aromatic amines is 1. The minimum absolute atomic E-state index is 0.121. The summed E-state index contributed by atoms with van der Waals surface area (Å²) in [6.07, 6.45) is 0.231. The third kappa shape index (κ3) is 4.31. The molecule has 0 bridgehead atoms. The fourth-order valence-corrected chi connectivity index (χ4v) is 4.23. The summed E-state index contributed by atoms with van der Waals surface area (Å²) < 4.78 is 5.66. The van der Waals surface area contributed by atoms with E-state index in [0.717, 1.165) is 23.5 Å². The molecular formula is C23H26ClN3O3. The summed E-state index contributed by atoms with van der Waals surface area (Å²) in [5.41, 5.74) is 4.82. The minimum Gasteiger partial charge on any atom is -0.491 e. The molecule has 2 heterocycles. The number of halogens is 1. The van der Waals surface area contributed by atoms with E-state index in [1.165, 1.54) is 29.1 Å². The van der Waals surface area contributed by atoms with Crippen LogP contribution < -0.4 is 10.1 Å². The molecule has 3 aromatic rings. The molecule has 0 saturated carbocycles. The van der Waals surface area contributed by atoms with Gasteiger partial charge in [0, 0.05) is 41.6 Å². The molecule has 6 nitrogen and oxygen atoms in total. The Balaban J connectivity index is 1.52. The maximum Gasteiger partial charge on any atom is 0.216 e. The normalized spacial score (nSPS) is 17.5. The molecule has 1 aromatic heterocycles. The number of aromatic nitrogens is 1. The van der Waals surface area contributed by atoms with Crippen LogP contribution in [0.1, 0.15) is 29.8 Å². The quantitative estimate of drug-likeness (QED) is 0.564. The van der Waals surface area contributed by atoms with E-state index in [2.05, 4.69) is 34.4 Å². The Morgan fingerprint density at radius 1 is 1.33 bits per heavy atom. The molecule has 0 saturated heterocycles. The summed E-state index contributed by atoms with van der Waals surface area (Å²) in [4.78, 5) is 16.9. The van der Waals surface area contributed by atoms with E-state index in [-0.39, 0.29) is 25.1 Å². The molecule has 1 amide bonds. The second kappa shape index (κ2) is 8.68. The SMILES string of the molecule is CC(=O)NCC(O)COc1ccc(C2c3[nH]c4ccc(Cl)cc4c3CCN2C)cc1. The van der Waals surface area contributed by atoms with E-state index < -0.39 is 6.10 Å². The molecule has 2 unspecified atom stereocenters. The number of carbonyl (C=O) groups is 1. The number of aliphatic hydroxyl groups is 1. The van der Waals surface area contributed by atoms with Gasteiger partial charge < -0.3 is 20.1 Å². The van der Waals surface area contributed by atoms with Crippen molar-refractivity contribution in [2.75, 3.05) is 26.7 Å². The first kappa shape index (κ1) is 20.7. The van der Waals surface area contributed by atoms with Crippen LogP contribution in [0.25, 0.3) is 10.9 Å². The van der Waals surface area contributed by atoms with Gasteiger partial charge in [0.25, 0.3) is 0 Å². The van der Waals surface area contributed by atoms with Crippen LogP contribution in [0.3, 0.4) is 0 Å². The number of nitrogens with one attached hydrogen (secondary N) is 2. The van der Waals surface area contributed by atoms with Crippen LogP contribution in [0.2, 0.25) is 5.02 Å². The summed E-state index contributed by atoms with van der Waals surface area (Å²) in [5.74, 6) is 0.511. The number of amides is 1. The third-order valence-corrected chi connectivity index (χ3v) is 5.79. The van der Waals surface area contributed by atoms with Gasteiger partial charge in [-0.05, 0) is 54.9 Å². The van der Waals surface area contributed by atoms with Gasteiger partial charge in [-0.25, -0.2) is 0 Å². The van der Waals surface area contributed by atoms with Gasteiger partial charge in [-0.1, -0.05) is 23.7 Å². The monoisotopic (exact) mass is 427 g/mol. The predicted octanol–water partition coefficient (Wildman–Crippen LogP) is 3.27. The first-order chi connectivity index (χ1) is 14.4. The van der Waals surface area contributed by atoms with Crippen molar-refractivity contribution in [3.8, 4) is 5.75 Å². The van der Waals surface area contributed by atoms with Gasteiger partial charge in [-0.3, -0.25) is 9.69 Å². The number of carbonyl (C=O) groups excluding carboxylic acids is 1. The van der Waals surface area contributed by atoms with E-state index >= 15 is 0 Å². The highest BCUT2D eigenvalue weighted by atomic mass is 35.5. The number of benzene rings is 2. The maximum atomic E-state index is 10.9. The number of hydrogen-bond acceptors (Lipinski definition) is 4. The molecule has 0 spiro atoms. The molecule has 0 radical (unpaired) electrons. The van der Waals surface area contributed by atoms with Gasteiger partial charge in [0.05, 0.1) is 6.04 Å². The molecule has 2 atom stereocenters. The highest BCUT2D eigenvalue weighted by Crippen LogP contribution is 2.38. The van der Waals surface area contributed by atoms with Crippen molar-refractivity contribution in [3.63, 3.8) is 0 Å². The summed E-state index contributed by atoms with van der Waals surface area (Å²) >= 11 is 6.23. The van der Waals surface area contributed by atoms with E-state index in [9.17, 15) is 9.90 Å². The largest absolute Gasteiger partial charge is 0.491 e. The van der Waals surface area contributed by atoms with E-state index in [0.29, 0.717) is 5.75 Å². The Hall–Kier alpha value is -2.54. The van der Waals surface area contributed by atoms with Crippen LogP contribution >= 0.6 is 11.6 Å². The van der Waals surface area contributed by atoms with Gasteiger partial charge >= 0.3 is 0 Å². The highest BCUT2D eigenvalue weighted by Gasteiger charge is 2.29. The number of likely N-dealkylation sites (N-methyl/N-ethyl adjacent to an activating group) is 1. The Bertz CT molecular complexity index is 1050. The van der Waals surface area contributed by atoms with Crippen molar-refractivity contribution in [2.45, 2.75) is 25.5 Å². The topological polar surface area (TPSA) is 77.6 Å². The number of ether oxygens (including phenoxy) is 1. The van der Waals surface area contributed by atoms with Crippen LogP contribution in [0.4, 0.5) is 0 Å². The van der Waals surface area contributed by atoms with E-state index in [1.54, 1.807) is 0 Å². The smallest absolute Gasteiger partial charge is 0.216 e. The minimum atomic E-state index is -0.751. The van der Waals surface area contributed by atoms with Gasteiger partial charge in [0.2, 0.25) is 5.91 Å². The summed E-state index contributed by atoms with van der Waals surface area (Å²) in [6, 6.07) is 14.1. The summed E-state index contributed by atoms with van der Waals surface area (Å²) in [7, 11) is 2.13. The zero-order valence-corrected chi connectivity index (χ0v) is 17.9. The van der Waals surface area contributed by atoms with Crippen LogP contribution in [0.5, 0.6) is 5.75 Å². The second-order valence-corrected chi connectivity index (χ2v) is 8.25. The Morgan fingerprint density at radius 2 is 2.10 bits per heavy atom. The zero-order chi connectivity index (χ0) is 21.3. The van der Waals surface area contributed by atoms with Crippen LogP contribution in [0, 0.1) is 0 Å². The second-order valence-electron chi connectivity index (χ2n) is 7.81. The van der Waals surface area contributed by atoms with Gasteiger partial charge in [0.1, 0.15) is 18.5 Å². The molecule has 30 heavy (non-hydrogen) atoms. The van der Waals surface area contributed by atoms with Gasteiger partial charge in [0.15, 0.2) is 0 Å². The zero-order valence-electron chi connectivity index (χ0n) is 17.1. The molecule has 3 N–H and O–H groups in total. The summed E-state index contributed by atoms with van der Waals surface area (Å²) in [5, 5.41) is 14.4. The number of nitrogens with zero attached hydrogens (tertiary/aromatic N) is 1. The molecule has 158 valence electrons.